The Morgan fingerprint density at radius 3 is 2.62 bits per heavy atom. The largest absolute Gasteiger partial charge is 0.383 e. The summed E-state index contributed by atoms with van der Waals surface area (Å²) in [6, 6.07) is 9.23. The van der Waals surface area contributed by atoms with E-state index in [4.69, 9.17) is 11.5 Å². The van der Waals surface area contributed by atoms with Gasteiger partial charge in [-0.25, -0.2) is 9.97 Å². The van der Waals surface area contributed by atoms with Gasteiger partial charge in [0, 0.05) is 11.8 Å². The first-order valence-corrected chi connectivity index (χ1v) is 7.47. The number of nitrogens with zero attached hydrogens (tertiary/aromatic N) is 2. The van der Waals surface area contributed by atoms with Gasteiger partial charge in [-0.15, -0.1) is 0 Å². The molecule has 6 nitrogen and oxygen atoms in total. The highest BCUT2D eigenvalue weighted by Gasteiger charge is 2.07. The minimum Gasteiger partial charge on any atom is -0.383 e. The predicted molar refractivity (Wildman–Crippen MR) is 86.0 cm³/mol. The van der Waals surface area contributed by atoms with E-state index in [1.807, 2.05) is 24.3 Å². The quantitative estimate of drug-likeness (QED) is 0.575. The third kappa shape index (κ3) is 4.64. The molecule has 21 heavy (non-hydrogen) atoms. The maximum Gasteiger partial charge on any atom is 0.234 e. The van der Waals surface area contributed by atoms with Crippen molar-refractivity contribution >= 4 is 35.0 Å². The van der Waals surface area contributed by atoms with Crippen LogP contribution in [-0.4, -0.2) is 21.6 Å². The van der Waals surface area contributed by atoms with Crippen LogP contribution in [0.15, 0.2) is 35.5 Å². The first-order valence-electron chi connectivity index (χ1n) is 6.48. The molecule has 0 saturated carbocycles. The molecule has 110 valence electrons. The summed E-state index contributed by atoms with van der Waals surface area (Å²) in [5.74, 6) is 0.652. The zero-order valence-corrected chi connectivity index (χ0v) is 12.5. The number of aromatic nitrogens is 2. The van der Waals surface area contributed by atoms with Crippen LogP contribution in [0.5, 0.6) is 0 Å². The molecule has 2 aromatic rings. The van der Waals surface area contributed by atoms with Crippen LogP contribution in [0, 0.1) is 0 Å². The Balaban J connectivity index is 1.92. The lowest BCUT2D eigenvalue weighted by molar-refractivity contribution is -0.113. The molecule has 0 bridgehead atoms. The van der Waals surface area contributed by atoms with Crippen LogP contribution in [0.25, 0.3) is 0 Å². The summed E-state index contributed by atoms with van der Waals surface area (Å²) >= 11 is 1.19. The van der Waals surface area contributed by atoms with E-state index in [1.54, 1.807) is 0 Å². The number of hydrogen-bond acceptors (Lipinski definition) is 6. The smallest absolute Gasteiger partial charge is 0.234 e. The summed E-state index contributed by atoms with van der Waals surface area (Å²) in [6.07, 6.45) is 0.925. The zero-order valence-electron chi connectivity index (χ0n) is 11.7. The third-order valence-electron chi connectivity index (χ3n) is 2.70. The van der Waals surface area contributed by atoms with E-state index in [2.05, 4.69) is 22.2 Å². The van der Waals surface area contributed by atoms with Gasteiger partial charge in [-0.3, -0.25) is 4.79 Å². The number of aryl methyl sites for hydroxylation is 1. The van der Waals surface area contributed by atoms with E-state index >= 15 is 0 Å². The van der Waals surface area contributed by atoms with Crippen molar-refractivity contribution in [3.8, 4) is 0 Å². The van der Waals surface area contributed by atoms with Gasteiger partial charge in [-0.1, -0.05) is 30.8 Å². The molecule has 2 rings (SSSR count). The van der Waals surface area contributed by atoms with Crippen molar-refractivity contribution in [3.05, 3.63) is 35.9 Å². The standard InChI is InChI=1S/C14H17N5OS/c1-2-9-4-3-5-10(6-9)17-13(20)8-21-14-18-11(15)7-12(16)19-14/h3-7H,2,8H2,1H3,(H,17,20)(H4,15,16,18,19). The van der Waals surface area contributed by atoms with E-state index in [-0.39, 0.29) is 11.7 Å². The summed E-state index contributed by atoms with van der Waals surface area (Å²) in [6.45, 7) is 2.07. The Labute approximate surface area is 127 Å². The summed E-state index contributed by atoms with van der Waals surface area (Å²) in [4.78, 5) is 19.9. The molecule has 1 aromatic heterocycles. The summed E-state index contributed by atoms with van der Waals surface area (Å²) < 4.78 is 0. The molecule has 1 heterocycles. The maximum absolute atomic E-state index is 11.9. The van der Waals surface area contributed by atoms with Crippen LogP contribution in [0.2, 0.25) is 0 Å². The van der Waals surface area contributed by atoms with Gasteiger partial charge >= 0.3 is 0 Å². The minimum atomic E-state index is -0.127. The Morgan fingerprint density at radius 1 is 1.24 bits per heavy atom. The van der Waals surface area contributed by atoms with E-state index in [9.17, 15) is 4.79 Å². The fourth-order valence-corrected chi connectivity index (χ4v) is 2.39. The number of benzene rings is 1. The Hall–Kier alpha value is -2.28. The van der Waals surface area contributed by atoms with Crippen LogP contribution < -0.4 is 16.8 Å². The lowest BCUT2D eigenvalue weighted by Crippen LogP contribution is -2.14. The third-order valence-corrected chi connectivity index (χ3v) is 3.54. The summed E-state index contributed by atoms with van der Waals surface area (Å²) in [7, 11) is 0. The highest BCUT2D eigenvalue weighted by Crippen LogP contribution is 2.17. The van der Waals surface area contributed by atoms with Gasteiger partial charge < -0.3 is 16.8 Å². The number of rotatable bonds is 5. The van der Waals surface area contributed by atoms with Crippen molar-refractivity contribution in [2.75, 3.05) is 22.5 Å². The van der Waals surface area contributed by atoms with Gasteiger partial charge in [0.1, 0.15) is 11.6 Å². The highest BCUT2D eigenvalue weighted by atomic mass is 32.2. The van der Waals surface area contributed by atoms with E-state index in [0.29, 0.717) is 16.8 Å². The number of hydrogen-bond donors (Lipinski definition) is 3. The molecule has 0 fully saturated rings. The molecular weight excluding hydrogens is 286 g/mol. The van der Waals surface area contributed by atoms with Crippen molar-refractivity contribution in [2.24, 2.45) is 0 Å². The van der Waals surface area contributed by atoms with Crippen LogP contribution in [0.4, 0.5) is 17.3 Å². The highest BCUT2D eigenvalue weighted by molar-refractivity contribution is 7.99. The van der Waals surface area contributed by atoms with Gasteiger partial charge in [0.25, 0.3) is 0 Å². The molecule has 0 radical (unpaired) electrons. The normalized spacial score (nSPS) is 10.3. The minimum absolute atomic E-state index is 0.127. The van der Waals surface area contributed by atoms with Crippen LogP contribution in [0.3, 0.4) is 0 Å². The van der Waals surface area contributed by atoms with Crippen LogP contribution in [-0.2, 0) is 11.2 Å². The molecule has 0 atom stereocenters. The number of nitrogens with two attached hydrogens (primary N) is 2. The molecule has 0 spiro atoms. The Morgan fingerprint density at radius 2 is 1.95 bits per heavy atom. The average molecular weight is 303 g/mol. The molecule has 0 aliphatic carbocycles. The zero-order chi connectivity index (χ0) is 15.2. The van der Waals surface area contributed by atoms with Gasteiger partial charge in [0.2, 0.25) is 5.91 Å². The first kappa shape index (κ1) is 15.1. The molecule has 5 N–H and O–H groups in total. The fraction of sp³-hybridized carbons (Fsp3) is 0.214. The summed E-state index contributed by atoms with van der Waals surface area (Å²) in [5, 5.41) is 3.23. The monoisotopic (exact) mass is 303 g/mol. The van der Waals surface area contributed by atoms with Crippen molar-refractivity contribution in [3.63, 3.8) is 0 Å². The average Bonchev–Trinajstić information content (AvgIpc) is 2.44. The van der Waals surface area contributed by atoms with Crippen molar-refractivity contribution in [2.45, 2.75) is 18.5 Å². The number of anilines is 3. The molecule has 0 aliphatic rings. The van der Waals surface area contributed by atoms with Crippen LogP contribution >= 0.6 is 11.8 Å². The topological polar surface area (TPSA) is 107 Å². The van der Waals surface area contributed by atoms with Gasteiger partial charge in [0.05, 0.1) is 5.75 Å². The first-order chi connectivity index (χ1) is 10.1. The molecule has 0 aliphatic heterocycles. The van der Waals surface area contributed by atoms with E-state index < -0.39 is 0 Å². The molecule has 1 amide bonds. The van der Waals surface area contributed by atoms with Crippen molar-refractivity contribution in [1.29, 1.82) is 0 Å². The number of thioether (sulfide) groups is 1. The number of carbonyl (C=O) groups excluding carboxylic acids is 1. The number of nitrogens with one attached hydrogen (secondary N) is 1. The maximum atomic E-state index is 11.9. The second kappa shape index (κ2) is 6.94. The van der Waals surface area contributed by atoms with E-state index in [0.717, 1.165) is 12.1 Å². The summed E-state index contributed by atoms with van der Waals surface area (Å²) in [5.41, 5.74) is 13.1. The van der Waals surface area contributed by atoms with Gasteiger partial charge in [-0.05, 0) is 24.1 Å². The van der Waals surface area contributed by atoms with Crippen molar-refractivity contribution in [1.82, 2.24) is 9.97 Å². The number of carbonyl (C=O) groups is 1. The van der Waals surface area contributed by atoms with Gasteiger partial charge in [-0.2, -0.15) is 0 Å². The SMILES string of the molecule is CCc1cccc(NC(=O)CSc2nc(N)cc(N)n2)c1. The number of nitrogen functional groups attached to an aromatic ring is 2. The number of amides is 1. The Kier molecular flexibility index (Phi) is 4.99. The predicted octanol–water partition coefficient (Wildman–Crippen LogP) is 1.93. The lowest BCUT2D eigenvalue weighted by Gasteiger charge is -2.06. The van der Waals surface area contributed by atoms with E-state index in [1.165, 1.54) is 23.4 Å². The fourth-order valence-electron chi connectivity index (χ4n) is 1.72. The molecule has 0 unspecified atom stereocenters. The second-order valence-electron chi connectivity index (χ2n) is 4.39. The van der Waals surface area contributed by atoms with Crippen LogP contribution in [0.1, 0.15) is 12.5 Å². The molecular formula is C14H17N5OS. The van der Waals surface area contributed by atoms with Gasteiger partial charge in [0.15, 0.2) is 5.16 Å². The second-order valence-corrected chi connectivity index (χ2v) is 5.33. The molecule has 7 heteroatoms. The molecule has 0 saturated heterocycles. The lowest BCUT2D eigenvalue weighted by atomic mass is 10.1. The Bertz CT molecular complexity index is 627. The molecule has 1 aromatic carbocycles. The van der Waals surface area contributed by atoms with Crippen molar-refractivity contribution < 1.29 is 4.79 Å².